The van der Waals surface area contributed by atoms with Gasteiger partial charge in [-0.05, 0) is 31.5 Å². The molecule has 0 aliphatic heterocycles. The number of benzene rings is 2. The van der Waals surface area contributed by atoms with Gasteiger partial charge in [-0.1, -0.05) is 71.8 Å². The minimum atomic E-state index is 0.801. The van der Waals surface area contributed by atoms with Gasteiger partial charge in [0.05, 0.1) is 0 Å². The van der Waals surface area contributed by atoms with E-state index in [2.05, 4.69) is 37.8 Å². The lowest BCUT2D eigenvalue weighted by Crippen LogP contribution is -1.71. The maximum Gasteiger partial charge on any atom is 0.0406 e. The van der Waals surface area contributed by atoms with Crippen molar-refractivity contribution in [2.24, 2.45) is 0 Å². The zero-order valence-corrected chi connectivity index (χ0v) is 11.0. The van der Waals surface area contributed by atoms with E-state index in [9.17, 15) is 0 Å². The van der Waals surface area contributed by atoms with Gasteiger partial charge in [-0.25, -0.2) is 0 Å². The molecule has 0 spiro atoms. The monoisotopic (exact) mass is 244 g/mol. The van der Waals surface area contributed by atoms with Crippen LogP contribution in [0.4, 0.5) is 0 Å². The lowest BCUT2D eigenvalue weighted by Gasteiger charge is -1.91. The highest BCUT2D eigenvalue weighted by Crippen LogP contribution is 2.07. The van der Waals surface area contributed by atoms with Gasteiger partial charge in [0.2, 0.25) is 0 Å². The van der Waals surface area contributed by atoms with Crippen molar-refractivity contribution in [3.05, 3.63) is 76.8 Å². The summed E-state index contributed by atoms with van der Waals surface area (Å²) in [6, 6.07) is 16.0. The van der Waals surface area contributed by atoms with Crippen LogP contribution in [0.2, 0.25) is 5.02 Å². The van der Waals surface area contributed by atoms with Crippen LogP contribution in [0.25, 0.3) is 6.08 Å². The largest absolute Gasteiger partial charge is 0.0985 e. The molecule has 2 aromatic rings. The first-order valence-corrected chi connectivity index (χ1v) is 5.91. The van der Waals surface area contributed by atoms with Crippen LogP contribution in [0.15, 0.2) is 55.1 Å². The molecule has 0 aromatic heterocycles. The first-order chi connectivity index (χ1) is 8.11. The Morgan fingerprint density at radius 2 is 1.24 bits per heavy atom. The van der Waals surface area contributed by atoms with Crippen molar-refractivity contribution in [2.45, 2.75) is 13.8 Å². The molecule has 0 saturated carbocycles. The minimum absolute atomic E-state index is 0.801. The van der Waals surface area contributed by atoms with E-state index in [-0.39, 0.29) is 0 Å². The summed E-state index contributed by atoms with van der Waals surface area (Å²) in [4.78, 5) is 0. The minimum Gasteiger partial charge on any atom is -0.0985 e. The number of halogens is 1. The summed E-state index contributed by atoms with van der Waals surface area (Å²) >= 11 is 5.61. The van der Waals surface area contributed by atoms with Gasteiger partial charge < -0.3 is 0 Å². The molecule has 0 bridgehead atoms. The van der Waals surface area contributed by atoms with E-state index in [0.717, 1.165) is 5.02 Å². The van der Waals surface area contributed by atoms with Crippen LogP contribution in [0.5, 0.6) is 0 Å². The first-order valence-electron chi connectivity index (χ1n) is 5.53. The SMILES string of the molecule is C=Cc1ccc(C)cc1.Cc1ccc(Cl)cc1. The lowest BCUT2D eigenvalue weighted by molar-refractivity contribution is 1.46. The highest BCUT2D eigenvalue weighted by atomic mass is 35.5. The molecule has 0 N–H and O–H groups in total. The van der Waals surface area contributed by atoms with Crippen molar-refractivity contribution in [2.75, 3.05) is 0 Å². The Bertz CT molecular complexity index is 431. The Kier molecular flexibility index (Phi) is 5.51. The number of rotatable bonds is 1. The summed E-state index contributed by atoms with van der Waals surface area (Å²) < 4.78 is 0. The average molecular weight is 245 g/mol. The van der Waals surface area contributed by atoms with Gasteiger partial charge in [0.1, 0.15) is 0 Å². The molecular weight excluding hydrogens is 228 g/mol. The average Bonchev–Trinajstić information content (AvgIpc) is 2.35. The van der Waals surface area contributed by atoms with Crippen molar-refractivity contribution in [1.82, 2.24) is 0 Å². The number of aryl methyl sites for hydroxylation is 2. The first kappa shape index (κ1) is 13.5. The maximum atomic E-state index is 5.61. The van der Waals surface area contributed by atoms with Crippen LogP contribution in [0.1, 0.15) is 16.7 Å². The van der Waals surface area contributed by atoms with Crippen LogP contribution < -0.4 is 0 Å². The molecule has 17 heavy (non-hydrogen) atoms. The van der Waals surface area contributed by atoms with E-state index < -0.39 is 0 Å². The highest BCUT2D eigenvalue weighted by Gasteiger charge is 1.82. The fraction of sp³-hybridized carbons (Fsp3) is 0.125. The van der Waals surface area contributed by atoms with Gasteiger partial charge in [0.15, 0.2) is 0 Å². The van der Waals surface area contributed by atoms with E-state index >= 15 is 0 Å². The fourth-order valence-electron chi connectivity index (χ4n) is 1.24. The summed E-state index contributed by atoms with van der Waals surface area (Å²) in [6.45, 7) is 7.77. The van der Waals surface area contributed by atoms with E-state index in [4.69, 9.17) is 11.6 Å². The quantitative estimate of drug-likeness (QED) is 0.640. The molecule has 0 amide bonds. The molecule has 0 nitrogen and oxygen atoms in total. The molecule has 0 radical (unpaired) electrons. The molecule has 0 heterocycles. The second-order valence-corrected chi connectivity index (χ2v) is 4.35. The molecule has 0 atom stereocenters. The Balaban J connectivity index is 0.000000171. The van der Waals surface area contributed by atoms with Crippen molar-refractivity contribution in [3.63, 3.8) is 0 Å². The Morgan fingerprint density at radius 3 is 1.59 bits per heavy atom. The zero-order valence-electron chi connectivity index (χ0n) is 10.3. The van der Waals surface area contributed by atoms with Crippen LogP contribution in [-0.2, 0) is 0 Å². The molecule has 0 saturated heterocycles. The highest BCUT2D eigenvalue weighted by molar-refractivity contribution is 6.30. The Hall–Kier alpha value is -1.53. The second kappa shape index (κ2) is 6.93. The van der Waals surface area contributed by atoms with Gasteiger partial charge in [-0.2, -0.15) is 0 Å². The van der Waals surface area contributed by atoms with Crippen molar-refractivity contribution in [3.8, 4) is 0 Å². The topological polar surface area (TPSA) is 0 Å². The van der Waals surface area contributed by atoms with Crippen molar-refractivity contribution >= 4 is 17.7 Å². The maximum absolute atomic E-state index is 5.61. The summed E-state index contributed by atoms with van der Waals surface area (Å²) in [5.41, 5.74) is 3.72. The Morgan fingerprint density at radius 1 is 0.824 bits per heavy atom. The molecule has 2 rings (SSSR count). The summed E-state index contributed by atoms with van der Waals surface area (Å²) in [5, 5.41) is 0.801. The molecule has 0 aliphatic rings. The van der Waals surface area contributed by atoms with Crippen LogP contribution in [0, 0.1) is 13.8 Å². The van der Waals surface area contributed by atoms with Crippen LogP contribution >= 0.6 is 11.6 Å². The third-order valence-corrected chi connectivity index (χ3v) is 2.58. The Labute approximate surface area is 109 Å². The normalized spacial score (nSPS) is 9.12. The molecule has 0 aliphatic carbocycles. The summed E-state index contributed by atoms with van der Waals surface area (Å²) in [7, 11) is 0. The third-order valence-electron chi connectivity index (χ3n) is 2.32. The van der Waals surface area contributed by atoms with Gasteiger partial charge in [-0.3, -0.25) is 0 Å². The van der Waals surface area contributed by atoms with Gasteiger partial charge in [0.25, 0.3) is 0 Å². The third kappa shape index (κ3) is 5.37. The lowest BCUT2D eigenvalue weighted by atomic mass is 10.2. The predicted octanol–water partition coefficient (Wildman–Crippen LogP) is 5.29. The standard InChI is InChI=1S/C9H10.C7H7Cl/c1-3-9-6-4-8(2)5-7-9;1-6-2-4-7(8)5-3-6/h3-7H,1H2,2H3;2-5H,1H3. The predicted molar refractivity (Wildman–Crippen MR) is 77.5 cm³/mol. The second-order valence-electron chi connectivity index (χ2n) is 3.91. The molecular formula is C16H17Cl. The van der Waals surface area contributed by atoms with Gasteiger partial charge in [-0.15, -0.1) is 0 Å². The van der Waals surface area contributed by atoms with Crippen LogP contribution in [0.3, 0.4) is 0 Å². The number of hydrogen-bond donors (Lipinski definition) is 0. The molecule has 88 valence electrons. The summed E-state index contributed by atoms with van der Waals surface area (Å²) in [6.07, 6.45) is 1.85. The van der Waals surface area contributed by atoms with E-state index in [1.807, 2.05) is 37.3 Å². The van der Waals surface area contributed by atoms with E-state index in [0.29, 0.717) is 0 Å². The van der Waals surface area contributed by atoms with E-state index in [1.165, 1.54) is 16.7 Å². The van der Waals surface area contributed by atoms with Crippen LogP contribution in [-0.4, -0.2) is 0 Å². The molecule has 0 fully saturated rings. The molecule has 0 unspecified atom stereocenters. The smallest absolute Gasteiger partial charge is 0.0406 e. The van der Waals surface area contributed by atoms with Gasteiger partial charge in [0, 0.05) is 5.02 Å². The summed E-state index contributed by atoms with van der Waals surface area (Å²) in [5.74, 6) is 0. The van der Waals surface area contributed by atoms with Gasteiger partial charge >= 0.3 is 0 Å². The van der Waals surface area contributed by atoms with Crippen molar-refractivity contribution in [1.29, 1.82) is 0 Å². The molecule has 2 aromatic carbocycles. The number of hydrogen-bond acceptors (Lipinski definition) is 0. The van der Waals surface area contributed by atoms with Crippen molar-refractivity contribution < 1.29 is 0 Å². The van der Waals surface area contributed by atoms with E-state index in [1.54, 1.807) is 0 Å². The fourth-order valence-corrected chi connectivity index (χ4v) is 1.36. The molecule has 1 heteroatoms. The zero-order chi connectivity index (χ0) is 12.7.